The van der Waals surface area contributed by atoms with Crippen LogP contribution in [0.1, 0.15) is 49.3 Å². The maximum absolute atomic E-state index is 13.6. The second kappa shape index (κ2) is 11.7. The largest absolute Gasteiger partial charge is 0.466 e. The van der Waals surface area contributed by atoms with Gasteiger partial charge in [0.25, 0.3) is 11.1 Å². The number of imide groups is 1. The number of aromatic nitrogens is 2. The summed E-state index contributed by atoms with van der Waals surface area (Å²) in [6.07, 6.45) is -0.862. The zero-order chi connectivity index (χ0) is 29.5. The standard InChI is InChI=1S/C28H24Cl2F3N3O4S/c1-2-40-26(38)16-5-8-19(9-6-16)36-25(37)23(41-27(36)39)12-15-3-10-22-20(11-15)24(30)34-35(22)14-17-4-7-18(29)13-21(17)28(31,32)33/h3-4,7,10-13,16,19H,2,5-6,8-9,14H2,1H3. The van der Waals surface area contributed by atoms with Crippen LogP contribution in [0.15, 0.2) is 41.3 Å². The van der Waals surface area contributed by atoms with Gasteiger partial charge in [0, 0.05) is 16.5 Å². The van der Waals surface area contributed by atoms with Crippen LogP contribution in [-0.4, -0.2) is 44.4 Å². The van der Waals surface area contributed by atoms with Crippen LogP contribution < -0.4 is 0 Å². The van der Waals surface area contributed by atoms with E-state index in [4.69, 9.17) is 27.9 Å². The van der Waals surface area contributed by atoms with Gasteiger partial charge in [-0.15, -0.1) is 0 Å². The molecule has 0 atom stereocenters. The van der Waals surface area contributed by atoms with Crippen molar-refractivity contribution in [3.63, 3.8) is 0 Å². The fraction of sp³-hybridized carbons (Fsp3) is 0.357. The summed E-state index contributed by atoms with van der Waals surface area (Å²) in [7, 11) is 0. The Morgan fingerprint density at radius 3 is 2.54 bits per heavy atom. The van der Waals surface area contributed by atoms with Gasteiger partial charge in [-0.3, -0.25) is 24.0 Å². The van der Waals surface area contributed by atoms with Crippen molar-refractivity contribution in [2.24, 2.45) is 5.92 Å². The van der Waals surface area contributed by atoms with Crippen LogP contribution in [-0.2, 0) is 27.0 Å². The number of amides is 2. The van der Waals surface area contributed by atoms with Gasteiger partial charge in [-0.05, 0) is 85.8 Å². The minimum absolute atomic E-state index is 0.0167. The first-order valence-corrected chi connectivity index (χ1v) is 14.5. The lowest BCUT2D eigenvalue weighted by Crippen LogP contribution is -2.42. The smallest absolute Gasteiger partial charge is 0.416 e. The van der Waals surface area contributed by atoms with Crippen molar-refractivity contribution >= 4 is 69.1 Å². The third-order valence-corrected chi connectivity index (χ3v) is 8.63. The maximum atomic E-state index is 13.6. The van der Waals surface area contributed by atoms with Crippen LogP contribution in [0.2, 0.25) is 10.2 Å². The van der Waals surface area contributed by atoms with E-state index in [1.165, 1.54) is 21.7 Å². The van der Waals surface area contributed by atoms with Gasteiger partial charge in [-0.2, -0.15) is 18.3 Å². The molecular weight excluding hydrogens is 602 g/mol. The highest BCUT2D eigenvalue weighted by Gasteiger charge is 2.42. The Kier molecular flexibility index (Phi) is 8.41. The quantitative estimate of drug-likeness (QED) is 0.208. The van der Waals surface area contributed by atoms with E-state index in [-0.39, 0.29) is 50.4 Å². The van der Waals surface area contributed by atoms with Crippen molar-refractivity contribution in [2.45, 2.75) is 51.4 Å². The Hall–Kier alpha value is -3.02. The summed E-state index contributed by atoms with van der Waals surface area (Å²) in [4.78, 5) is 39.5. The first-order valence-electron chi connectivity index (χ1n) is 12.9. The number of ether oxygens (including phenoxy) is 1. The molecule has 41 heavy (non-hydrogen) atoms. The van der Waals surface area contributed by atoms with Gasteiger partial charge in [-0.25, -0.2) is 0 Å². The summed E-state index contributed by atoms with van der Waals surface area (Å²) < 4.78 is 47.2. The van der Waals surface area contributed by atoms with Crippen molar-refractivity contribution in [3.8, 4) is 0 Å². The number of hydrogen-bond donors (Lipinski definition) is 0. The fourth-order valence-corrected chi connectivity index (χ4v) is 6.57. The van der Waals surface area contributed by atoms with E-state index in [1.54, 1.807) is 31.2 Å². The molecule has 0 bridgehead atoms. The number of thioether (sulfide) groups is 1. The number of carbonyl (C=O) groups is 3. The molecule has 7 nitrogen and oxygen atoms in total. The van der Waals surface area contributed by atoms with Crippen LogP contribution in [0.4, 0.5) is 18.0 Å². The lowest BCUT2D eigenvalue weighted by molar-refractivity contribution is -0.149. The monoisotopic (exact) mass is 625 g/mol. The molecule has 2 aliphatic rings. The molecule has 13 heteroatoms. The molecule has 216 valence electrons. The van der Waals surface area contributed by atoms with Gasteiger partial charge in [0.1, 0.15) is 0 Å². The highest BCUT2D eigenvalue weighted by molar-refractivity contribution is 8.18. The number of fused-ring (bicyclic) bond motifs is 1. The third-order valence-electron chi connectivity index (χ3n) is 7.23. The van der Waals surface area contributed by atoms with Gasteiger partial charge in [0.05, 0.1) is 35.1 Å². The highest BCUT2D eigenvalue weighted by atomic mass is 35.5. The molecule has 1 aliphatic carbocycles. The van der Waals surface area contributed by atoms with Crippen molar-refractivity contribution in [2.75, 3.05) is 6.61 Å². The molecule has 2 heterocycles. The lowest BCUT2D eigenvalue weighted by Gasteiger charge is -2.31. The van der Waals surface area contributed by atoms with Crippen LogP contribution in [0.25, 0.3) is 17.0 Å². The topological polar surface area (TPSA) is 81.5 Å². The van der Waals surface area contributed by atoms with E-state index in [0.29, 0.717) is 48.8 Å². The average Bonchev–Trinajstić information content (AvgIpc) is 3.38. The zero-order valence-electron chi connectivity index (χ0n) is 21.7. The first-order chi connectivity index (χ1) is 19.5. The predicted octanol–water partition coefficient (Wildman–Crippen LogP) is 7.57. The predicted molar refractivity (Wildman–Crippen MR) is 150 cm³/mol. The molecule has 2 aromatic carbocycles. The summed E-state index contributed by atoms with van der Waals surface area (Å²) >= 11 is 13.0. The molecule has 0 N–H and O–H groups in total. The van der Waals surface area contributed by atoms with Crippen molar-refractivity contribution in [1.82, 2.24) is 14.7 Å². The van der Waals surface area contributed by atoms with E-state index >= 15 is 0 Å². The Balaban J connectivity index is 1.35. The number of rotatable bonds is 6. The van der Waals surface area contributed by atoms with Crippen molar-refractivity contribution < 1.29 is 32.3 Å². The zero-order valence-corrected chi connectivity index (χ0v) is 24.0. The van der Waals surface area contributed by atoms with E-state index < -0.39 is 17.6 Å². The summed E-state index contributed by atoms with van der Waals surface area (Å²) in [5.41, 5.74) is 0.211. The number of benzene rings is 2. The normalized spacial score (nSPS) is 20.8. The highest BCUT2D eigenvalue weighted by Crippen LogP contribution is 2.39. The van der Waals surface area contributed by atoms with Crippen LogP contribution in [0, 0.1) is 5.92 Å². The van der Waals surface area contributed by atoms with Gasteiger partial charge in [0.2, 0.25) is 0 Å². The maximum Gasteiger partial charge on any atom is 0.416 e. The molecule has 1 aliphatic heterocycles. The number of hydrogen-bond acceptors (Lipinski definition) is 6. The molecule has 3 aromatic rings. The first kappa shape index (κ1) is 29.5. The van der Waals surface area contributed by atoms with Gasteiger partial charge >= 0.3 is 12.1 Å². The minimum Gasteiger partial charge on any atom is -0.466 e. The van der Waals surface area contributed by atoms with E-state index in [1.807, 2.05) is 0 Å². The molecule has 1 saturated heterocycles. The van der Waals surface area contributed by atoms with E-state index in [0.717, 1.165) is 17.8 Å². The number of halogens is 5. The molecule has 1 aromatic heterocycles. The summed E-state index contributed by atoms with van der Waals surface area (Å²) in [6, 6.07) is 8.29. The molecule has 1 saturated carbocycles. The molecule has 5 rings (SSSR count). The van der Waals surface area contributed by atoms with Crippen LogP contribution in [0.3, 0.4) is 0 Å². The van der Waals surface area contributed by atoms with Crippen LogP contribution >= 0.6 is 35.0 Å². The molecule has 2 amide bonds. The van der Waals surface area contributed by atoms with Crippen molar-refractivity contribution in [1.29, 1.82) is 0 Å². The lowest BCUT2D eigenvalue weighted by atomic mass is 9.85. The fourth-order valence-electron chi connectivity index (χ4n) is 5.26. The number of nitrogens with zero attached hydrogens (tertiary/aromatic N) is 3. The van der Waals surface area contributed by atoms with E-state index in [2.05, 4.69) is 5.10 Å². The molecular formula is C28H24Cl2F3N3O4S. The summed E-state index contributed by atoms with van der Waals surface area (Å²) in [5.74, 6) is -0.867. The molecule has 2 fully saturated rings. The molecule has 0 unspecified atom stereocenters. The molecule has 0 radical (unpaired) electrons. The van der Waals surface area contributed by atoms with Crippen LogP contribution in [0.5, 0.6) is 0 Å². The minimum atomic E-state index is -4.59. The van der Waals surface area contributed by atoms with Gasteiger partial charge in [0.15, 0.2) is 5.15 Å². The SMILES string of the molecule is CCOC(=O)C1CCC(N2C(=O)SC(=Cc3ccc4c(c3)c(Cl)nn4Cc3ccc(Cl)cc3C(F)(F)F)C2=O)CC1. The Labute approximate surface area is 247 Å². The summed E-state index contributed by atoms with van der Waals surface area (Å²) in [5, 5.41) is 4.41. The van der Waals surface area contributed by atoms with Gasteiger partial charge < -0.3 is 4.74 Å². The molecule has 0 spiro atoms. The number of alkyl halides is 3. The Morgan fingerprint density at radius 1 is 1.12 bits per heavy atom. The Morgan fingerprint density at radius 2 is 1.85 bits per heavy atom. The number of carbonyl (C=O) groups excluding carboxylic acids is 3. The second-order valence-electron chi connectivity index (χ2n) is 9.83. The van der Waals surface area contributed by atoms with E-state index in [9.17, 15) is 27.6 Å². The second-order valence-corrected chi connectivity index (χ2v) is 11.6. The van der Waals surface area contributed by atoms with Crippen molar-refractivity contribution in [3.05, 3.63) is 68.2 Å². The summed E-state index contributed by atoms with van der Waals surface area (Å²) in [6.45, 7) is 1.88. The third kappa shape index (κ3) is 6.12. The Bertz CT molecular complexity index is 1560. The number of esters is 1. The van der Waals surface area contributed by atoms with Gasteiger partial charge in [-0.1, -0.05) is 35.3 Å². The average molecular weight is 626 g/mol.